The van der Waals surface area contributed by atoms with E-state index in [2.05, 4.69) is 24.6 Å². The average Bonchev–Trinajstić information content (AvgIpc) is 2.90. The summed E-state index contributed by atoms with van der Waals surface area (Å²) in [6.45, 7) is -0.994. The number of benzene rings is 3. The maximum atomic E-state index is 12.5. The Morgan fingerprint density at radius 2 is 1.23 bits per heavy atom. The molecule has 0 bridgehead atoms. The summed E-state index contributed by atoms with van der Waals surface area (Å²) in [5.41, 5.74) is 10.4. The van der Waals surface area contributed by atoms with Crippen LogP contribution in [0.4, 0.5) is 34.1 Å². The monoisotopic (exact) mass is 694 g/mol. The minimum atomic E-state index is -5.11. The second-order valence-electron chi connectivity index (χ2n) is 8.32. The Labute approximate surface area is 250 Å². The van der Waals surface area contributed by atoms with Gasteiger partial charge in [-0.2, -0.15) is 25.3 Å². The highest BCUT2D eigenvalue weighted by molar-refractivity contribution is 7.91. The van der Waals surface area contributed by atoms with E-state index in [1.54, 1.807) is 0 Å². The van der Waals surface area contributed by atoms with E-state index < -0.39 is 73.2 Å². The molecule has 0 unspecified atom stereocenters. The topological polar surface area (TPSA) is 317 Å². The molecule has 0 amide bonds. The Morgan fingerprint density at radius 1 is 0.705 bits per heavy atom. The molecule has 0 saturated carbocycles. The fraction of sp³-hybridized carbons (Fsp3) is 0.143. The molecule has 0 aliphatic carbocycles. The molecule has 0 atom stereocenters. The Bertz CT molecular complexity index is 2100. The molecule has 0 fully saturated rings. The van der Waals surface area contributed by atoms with Crippen molar-refractivity contribution < 1.29 is 56.2 Å². The maximum absolute atomic E-state index is 12.5. The first kappa shape index (κ1) is 34.4. The standard InChI is InChI=1S/C21H22N6O13S4/c1-39-12-2-5-15(18(10-12)42(30,31)32)24-26-17-7-4-14(22)21(20(17)23)27-25-16-6-3-13(11-19(16)43(33,34)35)41(28,29)9-8-40-44(36,37)38/h2-7,10-11H,8-9,22-23H2,1H3,(H,30,31,32)(H,33,34,35)(H,36,37,38). The third-order valence-corrected chi connectivity index (χ3v) is 9.25. The molecule has 23 heteroatoms. The molecule has 0 aliphatic heterocycles. The van der Waals surface area contributed by atoms with Gasteiger partial charge in [0, 0.05) is 6.07 Å². The lowest BCUT2D eigenvalue weighted by molar-refractivity contribution is 0.284. The molecule has 0 aromatic heterocycles. The van der Waals surface area contributed by atoms with Gasteiger partial charge in [-0.05, 0) is 42.5 Å². The quantitative estimate of drug-likeness (QED) is 0.103. The first-order valence-electron chi connectivity index (χ1n) is 11.4. The predicted octanol–water partition coefficient (Wildman–Crippen LogP) is 2.78. The van der Waals surface area contributed by atoms with Crippen LogP contribution in [0.5, 0.6) is 5.75 Å². The van der Waals surface area contributed by atoms with Crippen molar-refractivity contribution in [3.05, 3.63) is 48.5 Å². The van der Waals surface area contributed by atoms with Gasteiger partial charge in [0.05, 0.1) is 35.7 Å². The number of sulfone groups is 1. The number of nitrogens with zero attached hydrogens (tertiary/aromatic N) is 4. The highest BCUT2D eigenvalue weighted by Gasteiger charge is 2.23. The molecule has 3 rings (SSSR count). The predicted molar refractivity (Wildman–Crippen MR) is 152 cm³/mol. The van der Waals surface area contributed by atoms with Crippen molar-refractivity contribution in [1.82, 2.24) is 0 Å². The molecular weight excluding hydrogens is 673 g/mol. The molecule has 0 aliphatic rings. The summed E-state index contributed by atoms with van der Waals surface area (Å²) in [5, 5.41) is 15.1. The SMILES string of the molecule is COc1ccc(N=Nc2ccc(N)c(N=Nc3ccc(S(=O)(=O)CCOS(=O)(=O)O)cc3S(=O)(=O)O)c2N)c(S(=O)(=O)O)c1. The van der Waals surface area contributed by atoms with E-state index in [1.165, 1.54) is 31.4 Å². The van der Waals surface area contributed by atoms with Crippen molar-refractivity contribution in [3.63, 3.8) is 0 Å². The van der Waals surface area contributed by atoms with Crippen LogP contribution in [0.15, 0.2) is 83.7 Å². The highest BCUT2D eigenvalue weighted by atomic mass is 32.3. The number of nitrogen functional groups attached to an aromatic ring is 2. The molecule has 0 radical (unpaired) electrons. The Balaban J connectivity index is 2.01. The van der Waals surface area contributed by atoms with Crippen LogP contribution in [0.1, 0.15) is 0 Å². The van der Waals surface area contributed by atoms with Crippen LogP contribution < -0.4 is 16.2 Å². The van der Waals surface area contributed by atoms with E-state index in [-0.39, 0.29) is 34.2 Å². The molecule has 7 N–H and O–H groups in total. The van der Waals surface area contributed by atoms with E-state index in [0.29, 0.717) is 6.07 Å². The van der Waals surface area contributed by atoms with Crippen LogP contribution in [-0.2, 0) is 44.7 Å². The molecule has 0 saturated heterocycles. The lowest BCUT2D eigenvalue weighted by atomic mass is 10.2. The summed E-state index contributed by atoms with van der Waals surface area (Å²) in [7, 11) is -17.9. The fourth-order valence-corrected chi connectivity index (χ4v) is 6.15. The molecule has 3 aromatic carbocycles. The van der Waals surface area contributed by atoms with Gasteiger partial charge >= 0.3 is 10.4 Å². The van der Waals surface area contributed by atoms with Crippen molar-refractivity contribution in [1.29, 1.82) is 0 Å². The summed E-state index contributed by atoms with van der Waals surface area (Å²) < 4.78 is 131. The Hall–Kier alpha value is -4.10. The number of azo groups is 2. The Kier molecular flexibility index (Phi) is 10.1. The summed E-state index contributed by atoms with van der Waals surface area (Å²) in [6.07, 6.45) is 0. The minimum absolute atomic E-state index is 0.0975. The van der Waals surface area contributed by atoms with Gasteiger partial charge in [-0.25, -0.2) is 12.6 Å². The highest BCUT2D eigenvalue weighted by Crippen LogP contribution is 2.40. The summed E-state index contributed by atoms with van der Waals surface area (Å²) in [5.74, 6) is -0.887. The average molecular weight is 695 g/mol. The van der Waals surface area contributed by atoms with E-state index in [0.717, 1.165) is 18.2 Å². The number of hydrogen-bond acceptors (Lipinski definition) is 16. The number of anilines is 2. The van der Waals surface area contributed by atoms with Crippen molar-refractivity contribution in [3.8, 4) is 5.75 Å². The van der Waals surface area contributed by atoms with Gasteiger partial charge in [-0.1, -0.05) is 0 Å². The minimum Gasteiger partial charge on any atom is -0.497 e. The second kappa shape index (κ2) is 12.9. The molecule has 0 heterocycles. The lowest BCUT2D eigenvalue weighted by Crippen LogP contribution is -2.16. The van der Waals surface area contributed by atoms with Crippen molar-refractivity contribution >= 4 is 74.6 Å². The lowest BCUT2D eigenvalue weighted by Gasteiger charge is -2.09. The van der Waals surface area contributed by atoms with Gasteiger partial charge in [0.25, 0.3) is 20.2 Å². The maximum Gasteiger partial charge on any atom is 0.397 e. The largest absolute Gasteiger partial charge is 0.497 e. The molecule has 44 heavy (non-hydrogen) atoms. The van der Waals surface area contributed by atoms with E-state index in [1.807, 2.05) is 0 Å². The van der Waals surface area contributed by atoms with Gasteiger partial charge < -0.3 is 16.2 Å². The van der Waals surface area contributed by atoms with Crippen LogP contribution >= 0.6 is 0 Å². The van der Waals surface area contributed by atoms with Crippen LogP contribution in [0, 0.1) is 0 Å². The summed E-state index contributed by atoms with van der Waals surface area (Å²) in [4.78, 5) is -2.31. The van der Waals surface area contributed by atoms with E-state index in [9.17, 15) is 42.8 Å². The Morgan fingerprint density at radius 3 is 1.80 bits per heavy atom. The van der Waals surface area contributed by atoms with E-state index >= 15 is 0 Å². The van der Waals surface area contributed by atoms with Crippen LogP contribution in [0.2, 0.25) is 0 Å². The van der Waals surface area contributed by atoms with Gasteiger partial charge in [-0.3, -0.25) is 13.7 Å². The summed E-state index contributed by atoms with van der Waals surface area (Å²) >= 11 is 0. The third kappa shape index (κ3) is 8.73. The normalized spacial score (nSPS) is 13.1. The van der Waals surface area contributed by atoms with Gasteiger partial charge in [-0.15, -0.1) is 20.5 Å². The number of rotatable bonds is 12. The molecule has 19 nitrogen and oxygen atoms in total. The van der Waals surface area contributed by atoms with Crippen LogP contribution in [0.25, 0.3) is 0 Å². The smallest absolute Gasteiger partial charge is 0.397 e. The first-order valence-corrected chi connectivity index (χ1v) is 17.3. The fourth-order valence-electron chi connectivity index (χ4n) is 3.28. The molecular formula is C21H22N6O13S4. The number of methoxy groups -OCH3 is 1. The molecule has 0 spiro atoms. The number of ether oxygens (including phenoxy) is 1. The van der Waals surface area contributed by atoms with Gasteiger partial charge in [0.2, 0.25) is 0 Å². The van der Waals surface area contributed by atoms with Crippen molar-refractivity contribution in [2.45, 2.75) is 14.7 Å². The first-order chi connectivity index (χ1) is 20.2. The van der Waals surface area contributed by atoms with Gasteiger partial charge in [0.1, 0.15) is 38.3 Å². The van der Waals surface area contributed by atoms with Crippen molar-refractivity contribution in [2.75, 3.05) is 30.9 Å². The number of hydrogen-bond donors (Lipinski definition) is 5. The van der Waals surface area contributed by atoms with Crippen LogP contribution in [0.3, 0.4) is 0 Å². The second-order valence-corrected chi connectivity index (χ2v) is 14.3. The van der Waals surface area contributed by atoms with Gasteiger partial charge in [0.15, 0.2) is 9.84 Å². The van der Waals surface area contributed by atoms with Crippen LogP contribution in [-0.4, -0.2) is 66.8 Å². The van der Waals surface area contributed by atoms with E-state index in [4.69, 9.17) is 20.8 Å². The summed E-state index contributed by atoms with van der Waals surface area (Å²) in [6, 6.07) is 8.36. The number of nitrogens with two attached hydrogens (primary N) is 2. The zero-order chi connectivity index (χ0) is 33.1. The zero-order valence-corrected chi connectivity index (χ0v) is 25.3. The zero-order valence-electron chi connectivity index (χ0n) is 22.0. The van der Waals surface area contributed by atoms with Crippen molar-refractivity contribution in [2.24, 2.45) is 20.5 Å². The molecule has 3 aromatic rings. The molecule has 238 valence electrons. The third-order valence-electron chi connectivity index (χ3n) is 5.35.